The lowest BCUT2D eigenvalue weighted by Gasteiger charge is -2.46. The molecule has 1 aliphatic heterocycles. The Morgan fingerprint density at radius 3 is 2.71 bits per heavy atom. The lowest BCUT2D eigenvalue weighted by Crippen LogP contribution is -2.55. The molecule has 2 atom stereocenters. The van der Waals surface area contributed by atoms with Crippen LogP contribution in [-0.2, 0) is 4.79 Å². The Labute approximate surface area is 107 Å². The van der Waals surface area contributed by atoms with Gasteiger partial charge in [-0.25, -0.2) is 0 Å². The van der Waals surface area contributed by atoms with Crippen molar-refractivity contribution in [2.24, 2.45) is 5.73 Å². The smallest absolute Gasteiger partial charge is 0.223 e. The van der Waals surface area contributed by atoms with Crippen molar-refractivity contribution in [3.05, 3.63) is 22.4 Å². The second-order valence-electron chi connectivity index (χ2n) is 5.60. The van der Waals surface area contributed by atoms with Crippen molar-refractivity contribution in [2.75, 3.05) is 0 Å². The van der Waals surface area contributed by atoms with E-state index in [1.807, 2.05) is 16.3 Å². The molecule has 1 amide bonds. The molecule has 0 saturated carbocycles. The monoisotopic (exact) mass is 252 g/mol. The van der Waals surface area contributed by atoms with Gasteiger partial charge in [0.2, 0.25) is 5.91 Å². The van der Waals surface area contributed by atoms with Crippen molar-refractivity contribution >= 4 is 17.2 Å². The summed E-state index contributed by atoms with van der Waals surface area (Å²) in [6, 6.07) is 4.18. The zero-order chi connectivity index (χ0) is 12.6. The van der Waals surface area contributed by atoms with Crippen molar-refractivity contribution in [3.63, 3.8) is 0 Å². The maximum absolute atomic E-state index is 12.2. The van der Waals surface area contributed by atoms with Crippen LogP contribution in [0.4, 0.5) is 0 Å². The molecule has 3 nitrogen and oxygen atoms in total. The molecule has 4 heteroatoms. The molecule has 1 fully saturated rings. The predicted molar refractivity (Wildman–Crippen MR) is 70.9 cm³/mol. The lowest BCUT2D eigenvalue weighted by molar-refractivity contribution is -0.143. The van der Waals surface area contributed by atoms with E-state index >= 15 is 0 Å². The van der Waals surface area contributed by atoms with Crippen LogP contribution < -0.4 is 5.73 Å². The highest BCUT2D eigenvalue weighted by atomic mass is 32.1. The first kappa shape index (κ1) is 12.6. The van der Waals surface area contributed by atoms with E-state index in [1.54, 1.807) is 11.3 Å². The van der Waals surface area contributed by atoms with E-state index in [-0.39, 0.29) is 23.5 Å². The third-order valence-electron chi connectivity index (χ3n) is 3.20. The molecule has 17 heavy (non-hydrogen) atoms. The first-order chi connectivity index (χ1) is 7.91. The van der Waals surface area contributed by atoms with Gasteiger partial charge in [-0.05, 0) is 38.6 Å². The number of rotatable bonds is 1. The van der Waals surface area contributed by atoms with Crippen LogP contribution in [0.1, 0.15) is 44.5 Å². The Hall–Kier alpha value is -0.870. The van der Waals surface area contributed by atoms with Crippen LogP contribution in [0.15, 0.2) is 17.5 Å². The van der Waals surface area contributed by atoms with Gasteiger partial charge >= 0.3 is 0 Å². The maximum Gasteiger partial charge on any atom is 0.223 e. The van der Waals surface area contributed by atoms with Crippen molar-refractivity contribution in [2.45, 2.75) is 51.2 Å². The van der Waals surface area contributed by atoms with Gasteiger partial charge < -0.3 is 10.6 Å². The van der Waals surface area contributed by atoms with Gasteiger partial charge in [0.05, 0.1) is 6.04 Å². The van der Waals surface area contributed by atoms with Crippen molar-refractivity contribution < 1.29 is 4.79 Å². The predicted octanol–water partition coefficient (Wildman–Crippen LogP) is 2.54. The molecule has 1 saturated heterocycles. The van der Waals surface area contributed by atoms with Crippen molar-refractivity contribution in [3.8, 4) is 0 Å². The van der Waals surface area contributed by atoms with Gasteiger partial charge in [-0.3, -0.25) is 4.79 Å². The van der Waals surface area contributed by atoms with Crippen LogP contribution in [0.25, 0.3) is 0 Å². The van der Waals surface area contributed by atoms with Gasteiger partial charge in [0.25, 0.3) is 0 Å². The summed E-state index contributed by atoms with van der Waals surface area (Å²) in [6.45, 7) is 6.22. The molecule has 94 valence electrons. The minimum absolute atomic E-state index is 0.0382. The summed E-state index contributed by atoms with van der Waals surface area (Å²) in [7, 11) is 0. The van der Waals surface area contributed by atoms with Crippen LogP contribution in [0.2, 0.25) is 0 Å². The SMILES string of the molecule is CC(C)(C)N1C(=O)CCC(N)C1c1cccs1. The number of hydrogen-bond donors (Lipinski definition) is 1. The zero-order valence-corrected chi connectivity index (χ0v) is 11.5. The van der Waals surface area contributed by atoms with E-state index in [1.165, 1.54) is 4.88 Å². The highest BCUT2D eigenvalue weighted by Crippen LogP contribution is 2.37. The highest BCUT2D eigenvalue weighted by Gasteiger charge is 2.40. The minimum Gasteiger partial charge on any atom is -0.328 e. The molecule has 2 N–H and O–H groups in total. The number of thiophene rings is 1. The lowest BCUT2D eigenvalue weighted by atomic mass is 9.90. The van der Waals surface area contributed by atoms with E-state index in [9.17, 15) is 4.79 Å². The van der Waals surface area contributed by atoms with E-state index in [2.05, 4.69) is 26.8 Å². The molecule has 0 spiro atoms. The minimum atomic E-state index is -0.177. The molecular formula is C13H20N2OS. The van der Waals surface area contributed by atoms with Crippen molar-refractivity contribution in [1.29, 1.82) is 0 Å². The van der Waals surface area contributed by atoms with Gasteiger partial charge in [-0.15, -0.1) is 11.3 Å². The number of nitrogens with zero attached hydrogens (tertiary/aromatic N) is 1. The van der Waals surface area contributed by atoms with Gasteiger partial charge in [-0.1, -0.05) is 6.07 Å². The van der Waals surface area contributed by atoms with Crippen LogP contribution in [0.3, 0.4) is 0 Å². The summed E-state index contributed by atoms with van der Waals surface area (Å²) in [4.78, 5) is 15.3. The zero-order valence-electron chi connectivity index (χ0n) is 10.6. The number of nitrogens with two attached hydrogens (primary N) is 1. The Kier molecular flexibility index (Phi) is 3.27. The van der Waals surface area contributed by atoms with Crippen LogP contribution in [0, 0.1) is 0 Å². The third-order valence-corrected chi connectivity index (χ3v) is 4.14. The summed E-state index contributed by atoms with van der Waals surface area (Å²) in [5.41, 5.74) is 6.06. The number of amides is 1. The Morgan fingerprint density at radius 1 is 1.47 bits per heavy atom. The van der Waals surface area contributed by atoms with E-state index in [4.69, 9.17) is 5.73 Å². The van der Waals surface area contributed by atoms with Crippen LogP contribution in [-0.4, -0.2) is 22.4 Å². The van der Waals surface area contributed by atoms with Gasteiger partial charge in [0.15, 0.2) is 0 Å². The Bertz CT molecular complexity index is 394. The van der Waals surface area contributed by atoms with Gasteiger partial charge in [-0.2, -0.15) is 0 Å². The normalized spacial score (nSPS) is 26.4. The number of carbonyl (C=O) groups is 1. The average Bonchev–Trinajstić information content (AvgIpc) is 2.72. The number of piperidine rings is 1. The molecule has 1 aromatic rings. The molecule has 0 radical (unpaired) electrons. The van der Waals surface area contributed by atoms with Crippen LogP contribution >= 0.6 is 11.3 Å². The first-order valence-corrected chi connectivity index (χ1v) is 6.90. The fourth-order valence-corrected chi connectivity index (χ4v) is 3.40. The summed E-state index contributed by atoms with van der Waals surface area (Å²) < 4.78 is 0. The summed E-state index contributed by atoms with van der Waals surface area (Å²) in [5.74, 6) is 0.220. The highest BCUT2D eigenvalue weighted by molar-refractivity contribution is 7.10. The number of likely N-dealkylation sites (tertiary alicyclic amines) is 1. The Balaban J connectivity index is 2.39. The molecule has 0 aliphatic carbocycles. The maximum atomic E-state index is 12.2. The fourth-order valence-electron chi connectivity index (χ4n) is 2.50. The van der Waals surface area contributed by atoms with Crippen LogP contribution in [0.5, 0.6) is 0 Å². The molecule has 2 rings (SSSR count). The van der Waals surface area contributed by atoms with E-state index in [0.717, 1.165) is 6.42 Å². The molecule has 2 heterocycles. The second kappa shape index (κ2) is 4.42. The molecule has 1 aromatic heterocycles. The summed E-state index contributed by atoms with van der Waals surface area (Å²) in [6.07, 6.45) is 1.36. The summed E-state index contributed by atoms with van der Waals surface area (Å²) in [5, 5.41) is 2.04. The molecular weight excluding hydrogens is 232 g/mol. The van der Waals surface area contributed by atoms with Gasteiger partial charge in [0, 0.05) is 22.9 Å². The first-order valence-electron chi connectivity index (χ1n) is 6.02. The molecule has 1 aliphatic rings. The quantitative estimate of drug-likeness (QED) is 0.835. The van der Waals surface area contributed by atoms with E-state index < -0.39 is 0 Å². The summed E-state index contributed by atoms with van der Waals surface area (Å²) >= 11 is 1.68. The second-order valence-corrected chi connectivity index (χ2v) is 6.58. The van der Waals surface area contributed by atoms with Crippen molar-refractivity contribution in [1.82, 2.24) is 4.90 Å². The number of carbonyl (C=O) groups excluding carboxylic acids is 1. The third kappa shape index (κ3) is 2.38. The number of hydrogen-bond acceptors (Lipinski definition) is 3. The molecule has 0 bridgehead atoms. The standard InChI is InChI=1S/C13H20N2OS/c1-13(2,3)15-11(16)7-6-9(14)12(15)10-5-4-8-17-10/h4-5,8-9,12H,6-7,14H2,1-3H3. The fraction of sp³-hybridized carbons (Fsp3) is 0.615. The van der Waals surface area contributed by atoms with E-state index in [0.29, 0.717) is 6.42 Å². The topological polar surface area (TPSA) is 46.3 Å². The largest absolute Gasteiger partial charge is 0.328 e. The average molecular weight is 252 g/mol. The van der Waals surface area contributed by atoms with Gasteiger partial charge in [0.1, 0.15) is 0 Å². The molecule has 0 aromatic carbocycles. The molecule has 2 unspecified atom stereocenters. The Morgan fingerprint density at radius 2 is 2.18 bits per heavy atom.